The van der Waals surface area contributed by atoms with Crippen LogP contribution >= 0.6 is 7.60 Å². The molecule has 2 fully saturated rings. The van der Waals surface area contributed by atoms with Crippen molar-refractivity contribution in [1.29, 1.82) is 0 Å². The molecule has 0 radical (unpaired) electrons. The van der Waals surface area contributed by atoms with Gasteiger partial charge in [-0.15, -0.1) is 0 Å². The lowest BCUT2D eigenvalue weighted by Crippen LogP contribution is -2.57. The molecule has 252 valence electrons. The van der Waals surface area contributed by atoms with E-state index in [2.05, 4.69) is 10.3 Å². The van der Waals surface area contributed by atoms with Crippen LogP contribution in [0.1, 0.15) is 50.5 Å². The summed E-state index contributed by atoms with van der Waals surface area (Å²) in [7, 11) is -3.76. The third kappa shape index (κ3) is 9.99. The number of nitrogens with one attached hydrogen (secondary N) is 1. The Morgan fingerprint density at radius 2 is 1.72 bits per heavy atom. The zero-order valence-corrected chi connectivity index (χ0v) is 27.7. The standard InChI is InChI=1S/C32H45N4O9P/c1-4-7-18-42-32(39)36-16-14-35(15-17-36)31(38)29(23-46(40,43-5-2)44-6-3)34-30(37)28-21-26(45-25-13-19-41-22-25)20-27(33-28)24-11-9-8-10-12-24/h8-12,20-21,25,29H,4-7,13-19,22-23H2,1-3H3,(H,34,37). The van der Waals surface area contributed by atoms with Gasteiger partial charge in [0.25, 0.3) is 5.91 Å². The summed E-state index contributed by atoms with van der Waals surface area (Å²) in [6, 6.07) is 11.4. The third-order valence-electron chi connectivity index (χ3n) is 7.53. The van der Waals surface area contributed by atoms with Crippen LogP contribution in [0.25, 0.3) is 11.3 Å². The number of carbonyl (C=O) groups excluding carboxylic acids is 3. The van der Waals surface area contributed by atoms with Crippen molar-refractivity contribution in [1.82, 2.24) is 20.1 Å². The van der Waals surface area contributed by atoms with E-state index in [0.717, 1.165) is 24.8 Å². The summed E-state index contributed by atoms with van der Waals surface area (Å²) in [4.78, 5) is 47.8. The summed E-state index contributed by atoms with van der Waals surface area (Å²) in [6.45, 7) is 7.87. The van der Waals surface area contributed by atoms with Gasteiger partial charge < -0.3 is 38.4 Å². The van der Waals surface area contributed by atoms with Crippen molar-refractivity contribution < 1.29 is 42.2 Å². The molecule has 46 heavy (non-hydrogen) atoms. The molecule has 4 rings (SSSR count). The Balaban J connectivity index is 1.56. The van der Waals surface area contributed by atoms with Gasteiger partial charge in [0.05, 0.1) is 44.9 Å². The van der Waals surface area contributed by atoms with Gasteiger partial charge in [0.1, 0.15) is 23.6 Å². The van der Waals surface area contributed by atoms with Gasteiger partial charge in [0, 0.05) is 50.3 Å². The van der Waals surface area contributed by atoms with Gasteiger partial charge in [-0.25, -0.2) is 9.78 Å². The highest BCUT2D eigenvalue weighted by molar-refractivity contribution is 7.54. The third-order valence-corrected chi connectivity index (χ3v) is 9.64. The monoisotopic (exact) mass is 660 g/mol. The number of hydrogen-bond donors (Lipinski definition) is 1. The van der Waals surface area contributed by atoms with Crippen molar-refractivity contribution >= 4 is 25.5 Å². The Kier molecular flexibility index (Phi) is 13.4. The highest BCUT2D eigenvalue weighted by Gasteiger charge is 2.37. The SMILES string of the molecule is CCCCOC(=O)N1CCN(C(=O)C(CP(=O)(OCC)OCC)NC(=O)c2cc(OC3CCOC3)cc(-c3ccccc3)n2)CC1. The maximum absolute atomic E-state index is 13.9. The second kappa shape index (κ2) is 17.4. The van der Waals surface area contributed by atoms with Crippen molar-refractivity contribution in [2.75, 3.05) is 65.4 Å². The second-order valence-corrected chi connectivity index (χ2v) is 13.1. The van der Waals surface area contributed by atoms with Gasteiger partial charge in [-0.3, -0.25) is 14.2 Å². The minimum atomic E-state index is -3.76. The van der Waals surface area contributed by atoms with E-state index in [4.69, 9.17) is 23.3 Å². The Morgan fingerprint density at radius 1 is 1.02 bits per heavy atom. The van der Waals surface area contributed by atoms with E-state index in [1.165, 1.54) is 11.0 Å². The Labute approximate surface area is 270 Å². The quantitative estimate of drug-likeness (QED) is 0.216. The number of aromatic nitrogens is 1. The molecule has 2 atom stereocenters. The molecule has 14 heteroatoms. The predicted octanol–water partition coefficient (Wildman–Crippen LogP) is 4.36. The molecule has 0 aliphatic carbocycles. The molecule has 0 bridgehead atoms. The molecule has 0 spiro atoms. The molecule has 1 aromatic heterocycles. The zero-order chi connectivity index (χ0) is 32.9. The van der Waals surface area contributed by atoms with Gasteiger partial charge in [-0.2, -0.15) is 0 Å². The van der Waals surface area contributed by atoms with Crippen molar-refractivity contribution in [2.45, 2.75) is 52.2 Å². The highest BCUT2D eigenvalue weighted by Crippen LogP contribution is 2.48. The van der Waals surface area contributed by atoms with E-state index in [1.807, 2.05) is 37.3 Å². The second-order valence-electron chi connectivity index (χ2n) is 11.0. The number of benzene rings is 1. The average molecular weight is 661 g/mol. The van der Waals surface area contributed by atoms with Crippen LogP contribution in [0.2, 0.25) is 0 Å². The summed E-state index contributed by atoms with van der Waals surface area (Å²) < 4.78 is 41.5. The summed E-state index contributed by atoms with van der Waals surface area (Å²) in [5.74, 6) is -0.680. The first kappa shape index (κ1) is 35.3. The van der Waals surface area contributed by atoms with Crippen LogP contribution in [-0.2, 0) is 27.9 Å². The number of nitrogens with zero attached hydrogens (tertiary/aromatic N) is 3. The number of ether oxygens (including phenoxy) is 3. The smallest absolute Gasteiger partial charge is 0.409 e. The summed E-state index contributed by atoms with van der Waals surface area (Å²) >= 11 is 0. The minimum Gasteiger partial charge on any atom is -0.488 e. The van der Waals surface area contributed by atoms with Gasteiger partial charge in [0.15, 0.2) is 0 Å². The number of unbranched alkanes of at least 4 members (excludes halogenated alkanes) is 1. The van der Waals surface area contributed by atoms with E-state index >= 15 is 0 Å². The molecule has 2 saturated heterocycles. The molecule has 2 aromatic rings. The van der Waals surface area contributed by atoms with Crippen LogP contribution in [0.4, 0.5) is 4.79 Å². The van der Waals surface area contributed by atoms with Crippen LogP contribution < -0.4 is 10.1 Å². The van der Waals surface area contributed by atoms with Gasteiger partial charge in [-0.1, -0.05) is 43.7 Å². The van der Waals surface area contributed by atoms with E-state index in [1.54, 1.807) is 24.8 Å². The highest BCUT2D eigenvalue weighted by atomic mass is 31.2. The van der Waals surface area contributed by atoms with Gasteiger partial charge >= 0.3 is 13.7 Å². The Bertz CT molecular complexity index is 1340. The first-order valence-electron chi connectivity index (χ1n) is 16.0. The van der Waals surface area contributed by atoms with Crippen LogP contribution in [-0.4, -0.2) is 110 Å². The van der Waals surface area contributed by atoms with E-state index in [0.29, 0.717) is 31.3 Å². The zero-order valence-electron chi connectivity index (χ0n) is 26.9. The van der Waals surface area contributed by atoms with Gasteiger partial charge in [-0.05, 0) is 20.3 Å². The predicted molar refractivity (Wildman–Crippen MR) is 171 cm³/mol. The molecule has 2 unspecified atom stereocenters. The Morgan fingerprint density at radius 3 is 2.35 bits per heavy atom. The van der Waals surface area contributed by atoms with Crippen LogP contribution in [0, 0.1) is 0 Å². The molecule has 3 amide bonds. The number of pyridine rings is 1. The molecular formula is C32H45N4O9P. The molecule has 2 aliphatic heterocycles. The lowest BCUT2D eigenvalue weighted by atomic mass is 10.1. The topological polar surface area (TPSA) is 146 Å². The Hall–Kier alpha value is -3.51. The van der Waals surface area contributed by atoms with E-state index in [9.17, 15) is 18.9 Å². The lowest BCUT2D eigenvalue weighted by molar-refractivity contribution is -0.134. The van der Waals surface area contributed by atoms with Crippen molar-refractivity contribution in [3.8, 4) is 17.0 Å². The molecular weight excluding hydrogens is 615 g/mol. The van der Waals surface area contributed by atoms with E-state index in [-0.39, 0.29) is 57.4 Å². The number of carbonyl (C=O) groups is 3. The van der Waals surface area contributed by atoms with Crippen molar-refractivity contribution in [3.63, 3.8) is 0 Å². The molecule has 2 aliphatic rings. The maximum Gasteiger partial charge on any atom is 0.409 e. The first-order chi connectivity index (χ1) is 22.2. The number of amides is 3. The molecule has 1 aromatic carbocycles. The number of hydrogen-bond acceptors (Lipinski definition) is 10. The fourth-order valence-electron chi connectivity index (χ4n) is 5.15. The molecule has 13 nitrogen and oxygen atoms in total. The fourth-order valence-corrected chi connectivity index (χ4v) is 6.91. The van der Waals surface area contributed by atoms with Crippen LogP contribution in [0.15, 0.2) is 42.5 Å². The summed E-state index contributed by atoms with van der Waals surface area (Å²) in [5.41, 5.74) is 1.32. The van der Waals surface area contributed by atoms with E-state index < -0.39 is 31.5 Å². The number of piperazine rings is 1. The molecule has 0 saturated carbocycles. The molecule has 3 heterocycles. The molecule has 1 N–H and O–H groups in total. The van der Waals surface area contributed by atoms with Crippen molar-refractivity contribution in [3.05, 3.63) is 48.2 Å². The maximum atomic E-state index is 13.9. The van der Waals surface area contributed by atoms with Crippen LogP contribution in [0.5, 0.6) is 5.75 Å². The first-order valence-corrected chi connectivity index (χ1v) is 17.7. The van der Waals surface area contributed by atoms with Crippen molar-refractivity contribution in [2.24, 2.45) is 0 Å². The normalized spacial score (nSPS) is 17.4. The lowest BCUT2D eigenvalue weighted by Gasteiger charge is -2.36. The average Bonchev–Trinajstić information content (AvgIpc) is 3.57. The largest absolute Gasteiger partial charge is 0.488 e. The minimum absolute atomic E-state index is 0.0235. The van der Waals surface area contributed by atoms with Crippen LogP contribution in [0.3, 0.4) is 0 Å². The summed E-state index contributed by atoms with van der Waals surface area (Å²) in [6.07, 6.45) is 1.44. The van der Waals surface area contributed by atoms with Gasteiger partial charge in [0.2, 0.25) is 5.91 Å². The number of rotatable bonds is 15. The fraction of sp³-hybridized carbons (Fsp3) is 0.562. The summed E-state index contributed by atoms with van der Waals surface area (Å²) in [5, 5.41) is 2.76.